The minimum atomic E-state index is 0.847. The lowest BCUT2D eigenvalue weighted by atomic mass is 9.89. The van der Waals surface area contributed by atoms with Crippen LogP contribution in [0.3, 0.4) is 0 Å². The maximum absolute atomic E-state index is 4.84. The number of para-hydroxylation sites is 4. The first-order valence-corrected chi connectivity index (χ1v) is 25.4. The minimum Gasteiger partial charge on any atom is -0.306 e. The lowest BCUT2D eigenvalue weighted by Crippen LogP contribution is -2.19. The van der Waals surface area contributed by atoms with Crippen LogP contribution < -0.4 is 19.6 Å². The molecule has 0 atom stereocenters. The van der Waals surface area contributed by atoms with E-state index in [1.54, 1.807) is 25.3 Å². The number of anilines is 12. The van der Waals surface area contributed by atoms with Crippen molar-refractivity contribution in [3.05, 3.63) is 229 Å². The van der Waals surface area contributed by atoms with Crippen LogP contribution >= 0.6 is 0 Å². The Morgan fingerprint density at radius 3 is 0.605 bits per heavy atom. The van der Waals surface area contributed by atoms with Crippen LogP contribution in [0.15, 0.2) is 183 Å². The molecule has 76 heavy (non-hydrogen) atoms. The molecule has 0 radical (unpaired) electrons. The topological polar surface area (TPSA) is 116 Å². The van der Waals surface area contributed by atoms with Crippen LogP contribution in [0.1, 0.15) is 45.6 Å². The Morgan fingerprint density at radius 2 is 0.421 bits per heavy atom. The predicted octanol–water partition coefficient (Wildman–Crippen LogP) is 16.1. The highest BCUT2D eigenvalue weighted by Crippen LogP contribution is 2.56. The Bertz CT molecular complexity index is 3510. The summed E-state index contributed by atoms with van der Waals surface area (Å²) < 4.78 is 0. The molecule has 0 bridgehead atoms. The summed E-state index contributed by atoms with van der Waals surface area (Å²) in [5.41, 5.74) is 18.0. The van der Waals surface area contributed by atoms with E-state index in [0.717, 1.165) is 146 Å². The van der Waals surface area contributed by atoms with Gasteiger partial charge in [0.15, 0.2) is 0 Å². The van der Waals surface area contributed by atoms with Crippen LogP contribution in [0.5, 0.6) is 0 Å². The minimum absolute atomic E-state index is 0.847. The van der Waals surface area contributed by atoms with E-state index in [1.165, 1.54) is 0 Å². The van der Waals surface area contributed by atoms with Gasteiger partial charge in [-0.3, -0.25) is 0 Å². The van der Waals surface area contributed by atoms with E-state index in [9.17, 15) is 0 Å². The van der Waals surface area contributed by atoms with Crippen LogP contribution in [0, 0.1) is 55.4 Å². The Hall–Kier alpha value is -9.68. The molecule has 0 amide bonds. The number of hydrogen-bond donors (Lipinski definition) is 0. The fourth-order valence-electron chi connectivity index (χ4n) is 11.2. The summed E-state index contributed by atoms with van der Waals surface area (Å²) in [6.07, 6.45) is 6.59. The van der Waals surface area contributed by atoms with Crippen molar-refractivity contribution < 1.29 is 0 Å². The number of rotatable bonds is 12. The molecule has 0 N–H and O–H groups in total. The smallest absolute Gasteiger partial charge is 0.116 e. The number of aryl methyl sites for hydroxylation is 8. The van der Waals surface area contributed by atoms with Crippen molar-refractivity contribution in [3.8, 4) is 0 Å². The highest BCUT2D eigenvalue weighted by molar-refractivity contribution is 6.33. The second kappa shape index (κ2) is 19.3. The van der Waals surface area contributed by atoms with Gasteiger partial charge in [-0.2, -0.15) is 0 Å². The molecular formula is C64H54N12. The summed E-state index contributed by atoms with van der Waals surface area (Å²) in [4.78, 5) is 48.1. The molecule has 4 heterocycles. The molecule has 0 unspecified atom stereocenters. The second-order valence-corrected chi connectivity index (χ2v) is 19.2. The zero-order valence-electron chi connectivity index (χ0n) is 43.7. The molecule has 12 nitrogen and oxygen atoms in total. The van der Waals surface area contributed by atoms with Crippen molar-refractivity contribution >= 4 is 101 Å². The zero-order valence-corrected chi connectivity index (χ0v) is 43.7. The normalized spacial score (nSPS) is 11.4. The molecule has 0 spiro atoms. The third kappa shape index (κ3) is 7.93. The molecule has 0 aliphatic heterocycles. The summed E-state index contributed by atoms with van der Waals surface area (Å²) in [6.45, 7) is 16.5. The highest BCUT2D eigenvalue weighted by Gasteiger charge is 2.32. The second-order valence-electron chi connectivity index (χ2n) is 19.2. The van der Waals surface area contributed by atoms with Gasteiger partial charge in [-0.1, -0.05) is 97.1 Å². The molecule has 0 aliphatic rings. The summed E-state index contributed by atoms with van der Waals surface area (Å²) in [5.74, 6) is 0. The van der Waals surface area contributed by atoms with Crippen LogP contribution in [0.2, 0.25) is 0 Å². The molecule has 8 aromatic carbocycles. The summed E-state index contributed by atoms with van der Waals surface area (Å²) >= 11 is 0. The molecule has 0 fully saturated rings. The van der Waals surface area contributed by atoms with Crippen LogP contribution in [-0.4, -0.2) is 39.9 Å². The van der Waals surface area contributed by atoms with Crippen molar-refractivity contribution in [2.75, 3.05) is 19.6 Å². The van der Waals surface area contributed by atoms with Gasteiger partial charge < -0.3 is 19.6 Å². The standard InChI is InChI=1S/C64H54N12/c1-39-61(40(2)66-35-65-39)73(47-21-13-9-14-22-47)55-33-56(74(48-23-15-10-16-24-48)62-41(3)67-36-68-42(62)4)52-31-32-54-58(76(50-27-19-12-20-28-50)64-45(7)71-38-72-46(64)8)34-57(53-30-29-51(55)59(52)60(53)54)75(49-25-17-11-18-26-49)63-43(5)69-37-70-44(63)6/h9-38H,1-8H3. The number of benzene rings is 8. The maximum atomic E-state index is 4.84. The van der Waals surface area contributed by atoms with Gasteiger partial charge >= 0.3 is 0 Å². The third-order valence-electron chi connectivity index (χ3n) is 14.5. The first-order valence-electron chi connectivity index (χ1n) is 25.4. The molecule has 0 saturated carbocycles. The van der Waals surface area contributed by atoms with E-state index in [2.05, 4.69) is 233 Å². The van der Waals surface area contributed by atoms with Gasteiger partial charge in [-0.25, -0.2) is 39.9 Å². The molecule has 12 rings (SSSR count). The molecule has 12 aromatic rings. The zero-order chi connectivity index (χ0) is 52.2. The lowest BCUT2D eigenvalue weighted by molar-refractivity contribution is 1.03. The Balaban J connectivity index is 1.33. The molecule has 4 aromatic heterocycles. The van der Waals surface area contributed by atoms with E-state index in [0.29, 0.717) is 0 Å². The average molecular weight is 991 g/mol. The maximum Gasteiger partial charge on any atom is 0.116 e. The first kappa shape index (κ1) is 47.3. The van der Waals surface area contributed by atoms with Gasteiger partial charge in [0.1, 0.15) is 25.3 Å². The summed E-state index contributed by atoms with van der Waals surface area (Å²) in [6, 6.07) is 56.0. The lowest BCUT2D eigenvalue weighted by Gasteiger charge is -2.35. The van der Waals surface area contributed by atoms with E-state index < -0.39 is 0 Å². The van der Waals surface area contributed by atoms with E-state index in [1.807, 2.05) is 0 Å². The molecular weight excluding hydrogens is 937 g/mol. The van der Waals surface area contributed by atoms with Crippen molar-refractivity contribution in [1.29, 1.82) is 0 Å². The number of nitrogens with zero attached hydrogens (tertiary/aromatic N) is 12. The summed E-state index contributed by atoms with van der Waals surface area (Å²) in [7, 11) is 0. The number of aromatic nitrogens is 8. The SMILES string of the molecule is Cc1ncnc(C)c1N(c1ccccc1)c1cc(N(c2ccccc2)c2c(C)ncnc2C)c2ccc3c(N(c4ccccc4)c4c(C)ncnc4C)cc(N(c4ccccc4)c4c(C)ncnc4C)c4ccc1c2c43. The van der Waals surface area contributed by atoms with Gasteiger partial charge in [0.25, 0.3) is 0 Å². The van der Waals surface area contributed by atoms with Crippen molar-refractivity contribution in [2.45, 2.75) is 55.4 Å². The van der Waals surface area contributed by atoms with Crippen LogP contribution in [-0.2, 0) is 0 Å². The summed E-state index contributed by atoms with van der Waals surface area (Å²) in [5, 5.41) is 6.23. The van der Waals surface area contributed by atoms with Gasteiger partial charge in [-0.05, 0) is 116 Å². The highest BCUT2D eigenvalue weighted by atomic mass is 15.2. The molecule has 12 heteroatoms. The van der Waals surface area contributed by atoms with Crippen LogP contribution in [0.4, 0.5) is 68.2 Å². The first-order chi connectivity index (χ1) is 37.1. The van der Waals surface area contributed by atoms with Gasteiger partial charge in [0.2, 0.25) is 0 Å². The van der Waals surface area contributed by atoms with E-state index >= 15 is 0 Å². The molecule has 370 valence electrons. The fraction of sp³-hybridized carbons (Fsp3) is 0.125. The average Bonchev–Trinajstić information content (AvgIpc) is 3.59. The Morgan fingerprint density at radius 1 is 0.237 bits per heavy atom. The monoisotopic (exact) mass is 990 g/mol. The van der Waals surface area contributed by atoms with E-state index in [-0.39, 0.29) is 0 Å². The predicted molar refractivity (Wildman–Crippen MR) is 309 cm³/mol. The van der Waals surface area contributed by atoms with Gasteiger partial charge in [0.05, 0.1) is 91.1 Å². The molecule has 0 aliphatic carbocycles. The van der Waals surface area contributed by atoms with Crippen LogP contribution in [0.25, 0.3) is 32.3 Å². The quantitative estimate of drug-likeness (QED) is 0.109. The van der Waals surface area contributed by atoms with Crippen molar-refractivity contribution in [3.63, 3.8) is 0 Å². The molecule has 0 saturated heterocycles. The van der Waals surface area contributed by atoms with E-state index in [4.69, 9.17) is 39.9 Å². The Labute approximate surface area is 442 Å². The van der Waals surface area contributed by atoms with Crippen molar-refractivity contribution in [2.24, 2.45) is 0 Å². The number of hydrogen-bond acceptors (Lipinski definition) is 12. The van der Waals surface area contributed by atoms with Gasteiger partial charge in [0, 0.05) is 55.1 Å². The van der Waals surface area contributed by atoms with Crippen molar-refractivity contribution in [1.82, 2.24) is 39.9 Å². The largest absolute Gasteiger partial charge is 0.306 e. The Kier molecular flexibility index (Phi) is 12.0. The fourth-order valence-corrected chi connectivity index (χ4v) is 11.2. The van der Waals surface area contributed by atoms with Gasteiger partial charge in [-0.15, -0.1) is 0 Å². The third-order valence-corrected chi connectivity index (χ3v) is 14.5.